The predicted octanol–water partition coefficient (Wildman–Crippen LogP) is 1.49. The molecule has 1 unspecified atom stereocenters. The lowest BCUT2D eigenvalue weighted by Gasteiger charge is -2.14. The van der Waals surface area contributed by atoms with Gasteiger partial charge in [-0.3, -0.25) is 9.59 Å². The molecule has 1 aliphatic rings. The fourth-order valence-electron chi connectivity index (χ4n) is 2.50. The Bertz CT molecular complexity index is 698. The van der Waals surface area contributed by atoms with Gasteiger partial charge < -0.3 is 15.0 Å². The van der Waals surface area contributed by atoms with Gasteiger partial charge in [0, 0.05) is 19.0 Å². The minimum Gasteiger partial charge on any atom is -0.481 e. The van der Waals surface area contributed by atoms with Crippen molar-refractivity contribution < 1.29 is 14.7 Å². The smallest absolute Gasteiger partial charge is 0.313 e. The molecule has 1 saturated heterocycles. The van der Waals surface area contributed by atoms with E-state index in [0.717, 1.165) is 17.5 Å². The molecule has 2 N–H and O–H groups in total. The average Bonchev–Trinajstić information content (AvgIpc) is 3.01. The van der Waals surface area contributed by atoms with Gasteiger partial charge in [-0.2, -0.15) is 0 Å². The number of nitrogens with zero attached hydrogens (tertiary/aromatic N) is 2. The van der Waals surface area contributed by atoms with Crippen LogP contribution in [-0.2, 0) is 16.1 Å². The lowest BCUT2D eigenvalue weighted by Crippen LogP contribution is -2.29. The number of fused-ring (bicyclic) bond motifs is 1. The summed E-state index contributed by atoms with van der Waals surface area (Å²) in [6.45, 7) is 0.619. The Morgan fingerprint density at radius 1 is 1.48 bits per heavy atom. The number of benzene rings is 1. The second-order valence-corrected chi connectivity index (χ2v) is 5.92. The largest absolute Gasteiger partial charge is 0.481 e. The van der Waals surface area contributed by atoms with E-state index in [9.17, 15) is 9.59 Å². The number of hydrogen-bond acceptors (Lipinski definition) is 4. The summed E-state index contributed by atoms with van der Waals surface area (Å²) in [6.07, 6.45) is 1.35. The average molecular weight is 305 g/mol. The fraction of sp³-hybridized carbons (Fsp3) is 0.357. The van der Waals surface area contributed by atoms with E-state index in [4.69, 9.17) is 5.11 Å². The molecule has 1 aliphatic heterocycles. The van der Waals surface area contributed by atoms with Gasteiger partial charge in [0.05, 0.1) is 16.8 Å². The number of aliphatic carboxylic acids is 1. The van der Waals surface area contributed by atoms with Crippen molar-refractivity contribution in [2.24, 2.45) is 0 Å². The van der Waals surface area contributed by atoms with Gasteiger partial charge in [-0.05, 0) is 18.6 Å². The number of rotatable bonds is 5. The summed E-state index contributed by atoms with van der Waals surface area (Å²) in [4.78, 5) is 26.6. The molecule has 1 aromatic carbocycles. The lowest BCUT2D eigenvalue weighted by atomic mass is 10.2. The van der Waals surface area contributed by atoms with Crippen LogP contribution in [0.25, 0.3) is 11.0 Å². The summed E-state index contributed by atoms with van der Waals surface area (Å²) >= 11 is 1.20. The molecule has 3 rings (SSSR count). The molecule has 1 fully saturated rings. The molecule has 6 nitrogen and oxygen atoms in total. The molecular formula is C14H15N3O3S. The number of carboxylic acid groups (broad SMARTS) is 1. The lowest BCUT2D eigenvalue weighted by molar-refractivity contribution is -0.133. The van der Waals surface area contributed by atoms with Crippen molar-refractivity contribution in [2.75, 3.05) is 5.75 Å². The van der Waals surface area contributed by atoms with E-state index >= 15 is 0 Å². The van der Waals surface area contributed by atoms with E-state index < -0.39 is 5.97 Å². The van der Waals surface area contributed by atoms with Crippen LogP contribution in [0, 0.1) is 0 Å². The quantitative estimate of drug-likeness (QED) is 0.818. The molecule has 0 radical (unpaired) electrons. The maximum atomic E-state index is 11.3. The summed E-state index contributed by atoms with van der Waals surface area (Å²) in [5, 5.41) is 12.5. The number of aromatic nitrogens is 2. The molecule has 0 aliphatic carbocycles. The van der Waals surface area contributed by atoms with Crippen molar-refractivity contribution in [3.05, 3.63) is 24.3 Å². The molecule has 110 valence electrons. The highest BCUT2D eigenvalue weighted by atomic mass is 32.2. The third kappa shape index (κ3) is 3.02. The molecule has 1 atom stereocenters. The first-order valence-electron chi connectivity index (χ1n) is 6.72. The topological polar surface area (TPSA) is 84.2 Å². The molecular weight excluding hydrogens is 290 g/mol. The molecule has 21 heavy (non-hydrogen) atoms. The van der Waals surface area contributed by atoms with E-state index in [-0.39, 0.29) is 17.7 Å². The van der Waals surface area contributed by atoms with Gasteiger partial charge in [0.1, 0.15) is 0 Å². The van der Waals surface area contributed by atoms with Crippen molar-refractivity contribution in [1.29, 1.82) is 0 Å². The van der Waals surface area contributed by atoms with Crippen LogP contribution in [0.4, 0.5) is 0 Å². The third-order valence-corrected chi connectivity index (χ3v) is 4.39. The number of imidazole rings is 1. The zero-order valence-corrected chi connectivity index (χ0v) is 12.1. The Kier molecular flexibility index (Phi) is 3.83. The first kappa shape index (κ1) is 13.9. The molecule has 2 heterocycles. The standard InChI is InChI=1S/C14H15N3O3S/c18-12-6-5-9(15-12)7-17-11-4-2-1-3-10(11)16-14(17)21-8-13(19)20/h1-4,9H,5-8H2,(H,15,18)(H,19,20). The van der Waals surface area contributed by atoms with Crippen LogP contribution < -0.4 is 5.32 Å². The minimum atomic E-state index is -0.868. The third-order valence-electron chi connectivity index (χ3n) is 3.43. The van der Waals surface area contributed by atoms with Crippen LogP contribution >= 0.6 is 11.8 Å². The number of hydrogen-bond donors (Lipinski definition) is 2. The van der Waals surface area contributed by atoms with E-state index in [0.29, 0.717) is 18.1 Å². The number of carboxylic acids is 1. The maximum Gasteiger partial charge on any atom is 0.313 e. The van der Waals surface area contributed by atoms with Gasteiger partial charge in [0.2, 0.25) is 5.91 Å². The number of para-hydroxylation sites is 2. The zero-order chi connectivity index (χ0) is 14.8. The summed E-state index contributed by atoms with van der Waals surface area (Å²) < 4.78 is 2.00. The highest BCUT2D eigenvalue weighted by Crippen LogP contribution is 2.25. The van der Waals surface area contributed by atoms with E-state index in [1.165, 1.54) is 11.8 Å². The number of nitrogens with one attached hydrogen (secondary N) is 1. The van der Waals surface area contributed by atoms with Gasteiger partial charge in [-0.15, -0.1) is 0 Å². The van der Waals surface area contributed by atoms with Crippen molar-refractivity contribution in [3.63, 3.8) is 0 Å². The monoisotopic (exact) mass is 305 g/mol. The maximum absolute atomic E-state index is 11.3. The summed E-state index contributed by atoms with van der Waals surface area (Å²) in [5.74, 6) is -0.822. The Morgan fingerprint density at radius 2 is 2.29 bits per heavy atom. The molecule has 0 spiro atoms. The molecule has 0 saturated carbocycles. The molecule has 2 aromatic rings. The zero-order valence-electron chi connectivity index (χ0n) is 11.3. The van der Waals surface area contributed by atoms with Crippen molar-refractivity contribution in [1.82, 2.24) is 14.9 Å². The fourth-order valence-corrected chi connectivity index (χ4v) is 3.25. The first-order chi connectivity index (χ1) is 10.1. The van der Waals surface area contributed by atoms with Crippen LogP contribution in [0.5, 0.6) is 0 Å². The second kappa shape index (κ2) is 5.77. The van der Waals surface area contributed by atoms with Gasteiger partial charge in [0.15, 0.2) is 5.16 Å². The molecule has 0 bridgehead atoms. The molecule has 1 amide bonds. The van der Waals surface area contributed by atoms with Crippen LogP contribution in [0.15, 0.2) is 29.4 Å². The predicted molar refractivity (Wildman–Crippen MR) is 79.3 cm³/mol. The van der Waals surface area contributed by atoms with Gasteiger partial charge in [0.25, 0.3) is 0 Å². The van der Waals surface area contributed by atoms with E-state index in [2.05, 4.69) is 10.3 Å². The van der Waals surface area contributed by atoms with Crippen LogP contribution in [-0.4, -0.2) is 38.3 Å². The second-order valence-electron chi connectivity index (χ2n) is 4.98. The van der Waals surface area contributed by atoms with Crippen molar-refractivity contribution >= 4 is 34.7 Å². The SMILES string of the molecule is O=C(O)CSc1nc2ccccc2n1CC1CCC(=O)N1. The van der Waals surface area contributed by atoms with Gasteiger partial charge >= 0.3 is 5.97 Å². The van der Waals surface area contributed by atoms with Crippen LogP contribution in [0.1, 0.15) is 12.8 Å². The number of carbonyl (C=O) groups excluding carboxylic acids is 1. The van der Waals surface area contributed by atoms with Gasteiger partial charge in [-0.25, -0.2) is 4.98 Å². The Balaban J connectivity index is 1.91. The number of carbonyl (C=O) groups is 2. The molecule has 1 aromatic heterocycles. The normalized spacial score (nSPS) is 18.1. The Morgan fingerprint density at radius 3 is 3.00 bits per heavy atom. The minimum absolute atomic E-state index is 0.0274. The Labute approximate surface area is 125 Å². The van der Waals surface area contributed by atoms with E-state index in [1.807, 2.05) is 28.8 Å². The van der Waals surface area contributed by atoms with E-state index in [1.54, 1.807) is 0 Å². The number of amides is 1. The molecule has 7 heteroatoms. The number of thioether (sulfide) groups is 1. The van der Waals surface area contributed by atoms with Crippen LogP contribution in [0.2, 0.25) is 0 Å². The summed E-state index contributed by atoms with van der Waals surface area (Å²) in [7, 11) is 0. The summed E-state index contributed by atoms with van der Waals surface area (Å²) in [6, 6.07) is 7.79. The van der Waals surface area contributed by atoms with Crippen LogP contribution in [0.3, 0.4) is 0 Å². The first-order valence-corrected chi connectivity index (χ1v) is 7.71. The van der Waals surface area contributed by atoms with Crippen molar-refractivity contribution in [3.8, 4) is 0 Å². The van der Waals surface area contributed by atoms with Crippen molar-refractivity contribution in [2.45, 2.75) is 30.6 Å². The van der Waals surface area contributed by atoms with Gasteiger partial charge in [-0.1, -0.05) is 23.9 Å². The highest BCUT2D eigenvalue weighted by molar-refractivity contribution is 7.99. The highest BCUT2D eigenvalue weighted by Gasteiger charge is 2.23. The summed E-state index contributed by atoms with van der Waals surface area (Å²) in [5.41, 5.74) is 1.81. The Hall–Kier alpha value is -2.02.